The second kappa shape index (κ2) is 3.93. The molecule has 0 aliphatic rings. The fourth-order valence-corrected chi connectivity index (χ4v) is 1.60. The molecule has 0 amide bonds. The van der Waals surface area contributed by atoms with E-state index < -0.39 is 0 Å². The van der Waals surface area contributed by atoms with Gasteiger partial charge < -0.3 is 5.32 Å². The molecule has 0 aliphatic carbocycles. The van der Waals surface area contributed by atoms with Crippen molar-refractivity contribution in [2.24, 2.45) is 0 Å². The van der Waals surface area contributed by atoms with E-state index in [0.717, 1.165) is 0 Å². The van der Waals surface area contributed by atoms with E-state index in [-0.39, 0.29) is 0 Å². The molecule has 1 aromatic carbocycles. The zero-order chi connectivity index (χ0) is 10.0. The van der Waals surface area contributed by atoms with E-state index in [4.69, 9.17) is 0 Å². The van der Waals surface area contributed by atoms with Crippen LogP contribution in [0.1, 0.15) is 35.2 Å². The number of nitrogens with one attached hydrogen (secondary N) is 1. The first kappa shape index (κ1) is 10.3. The lowest BCUT2D eigenvalue weighted by Crippen LogP contribution is -2.13. The van der Waals surface area contributed by atoms with E-state index in [1.165, 1.54) is 22.3 Å². The Morgan fingerprint density at radius 3 is 2.08 bits per heavy atom. The first-order valence-corrected chi connectivity index (χ1v) is 4.81. The third-order valence-corrected chi connectivity index (χ3v) is 2.78. The monoisotopic (exact) mass is 177 g/mol. The molecule has 0 aliphatic heterocycles. The summed E-state index contributed by atoms with van der Waals surface area (Å²) in [6.07, 6.45) is 0. The van der Waals surface area contributed by atoms with Crippen LogP contribution >= 0.6 is 0 Å². The molecule has 72 valence electrons. The second-order valence-electron chi connectivity index (χ2n) is 3.80. The van der Waals surface area contributed by atoms with E-state index >= 15 is 0 Å². The third-order valence-electron chi connectivity index (χ3n) is 2.78. The molecule has 0 aromatic heterocycles. The molecule has 0 saturated carbocycles. The fourth-order valence-electron chi connectivity index (χ4n) is 1.60. The Hall–Kier alpha value is -0.820. The van der Waals surface area contributed by atoms with Crippen molar-refractivity contribution in [2.75, 3.05) is 7.05 Å². The maximum atomic E-state index is 3.27. The molecular formula is C12H19N. The minimum atomic E-state index is 0.444. The molecule has 0 heterocycles. The molecule has 1 atom stereocenters. The van der Waals surface area contributed by atoms with Crippen LogP contribution in [0.5, 0.6) is 0 Å². The SMILES string of the molecule is CN[C@H](C)c1cc(C)c(C)cc1C. The topological polar surface area (TPSA) is 12.0 Å². The highest BCUT2D eigenvalue weighted by Gasteiger charge is 2.07. The molecule has 0 bridgehead atoms. The van der Waals surface area contributed by atoms with E-state index in [9.17, 15) is 0 Å². The molecule has 13 heavy (non-hydrogen) atoms. The normalized spacial score (nSPS) is 13.0. The summed E-state index contributed by atoms with van der Waals surface area (Å²) in [5.41, 5.74) is 5.54. The zero-order valence-corrected chi connectivity index (χ0v) is 9.23. The van der Waals surface area contributed by atoms with Crippen LogP contribution in [0.3, 0.4) is 0 Å². The molecule has 0 unspecified atom stereocenters. The van der Waals surface area contributed by atoms with Gasteiger partial charge in [-0.3, -0.25) is 0 Å². The minimum absolute atomic E-state index is 0.444. The molecular weight excluding hydrogens is 158 g/mol. The van der Waals surface area contributed by atoms with Crippen LogP contribution in [0.2, 0.25) is 0 Å². The number of benzene rings is 1. The summed E-state index contributed by atoms with van der Waals surface area (Å²) in [5, 5.41) is 3.27. The van der Waals surface area contributed by atoms with Gasteiger partial charge in [0.1, 0.15) is 0 Å². The van der Waals surface area contributed by atoms with Gasteiger partial charge in [0.25, 0.3) is 0 Å². The Morgan fingerprint density at radius 1 is 1.00 bits per heavy atom. The van der Waals surface area contributed by atoms with E-state index in [1.54, 1.807) is 0 Å². The van der Waals surface area contributed by atoms with Crippen LogP contribution in [0.25, 0.3) is 0 Å². The maximum Gasteiger partial charge on any atom is 0.0291 e. The van der Waals surface area contributed by atoms with Crippen molar-refractivity contribution in [1.29, 1.82) is 0 Å². The van der Waals surface area contributed by atoms with Crippen molar-refractivity contribution >= 4 is 0 Å². The van der Waals surface area contributed by atoms with Crippen molar-refractivity contribution in [3.05, 3.63) is 34.4 Å². The van der Waals surface area contributed by atoms with Gasteiger partial charge in [-0.1, -0.05) is 12.1 Å². The molecule has 1 rings (SSSR count). The molecule has 1 N–H and O–H groups in total. The quantitative estimate of drug-likeness (QED) is 0.732. The largest absolute Gasteiger partial charge is 0.313 e. The zero-order valence-electron chi connectivity index (χ0n) is 9.23. The maximum absolute atomic E-state index is 3.27. The van der Waals surface area contributed by atoms with Crippen LogP contribution in [0.15, 0.2) is 12.1 Å². The summed E-state index contributed by atoms with van der Waals surface area (Å²) >= 11 is 0. The predicted molar refractivity (Wildman–Crippen MR) is 58.1 cm³/mol. The predicted octanol–water partition coefficient (Wildman–Crippen LogP) is 2.89. The average Bonchev–Trinajstić information content (AvgIpc) is 2.10. The molecule has 0 radical (unpaired) electrons. The first-order valence-electron chi connectivity index (χ1n) is 4.81. The van der Waals surface area contributed by atoms with Crippen molar-refractivity contribution in [1.82, 2.24) is 5.32 Å². The van der Waals surface area contributed by atoms with Crippen LogP contribution in [-0.2, 0) is 0 Å². The van der Waals surface area contributed by atoms with Crippen molar-refractivity contribution in [3.63, 3.8) is 0 Å². The van der Waals surface area contributed by atoms with Crippen molar-refractivity contribution in [2.45, 2.75) is 33.7 Å². The van der Waals surface area contributed by atoms with Gasteiger partial charge in [0, 0.05) is 6.04 Å². The van der Waals surface area contributed by atoms with Gasteiger partial charge in [0.15, 0.2) is 0 Å². The van der Waals surface area contributed by atoms with E-state index in [2.05, 4.69) is 45.1 Å². The van der Waals surface area contributed by atoms with Gasteiger partial charge in [0.2, 0.25) is 0 Å². The Bertz CT molecular complexity index is 302. The van der Waals surface area contributed by atoms with E-state index in [1.807, 2.05) is 7.05 Å². The molecule has 0 spiro atoms. The lowest BCUT2D eigenvalue weighted by atomic mass is 9.97. The summed E-state index contributed by atoms with van der Waals surface area (Å²) < 4.78 is 0. The highest BCUT2D eigenvalue weighted by molar-refractivity contribution is 5.37. The Labute approximate surface area is 81.2 Å². The van der Waals surface area contributed by atoms with Crippen LogP contribution in [-0.4, -0.2) is 7.05 Å². The number of rotatable bonds is 2. The van der Waals surface area contributed by atoms with Crippen LogP contribution < -0.4 is 5.32 Å². The standard InChI is InChI=1S/C12H19N/c1-8-6-10(3)12(7-9(8)2)11(4)13-5/h6-7,11,13H,1-5H3/t11-/m1/s1. The first-order chi connectivity index (χ1) is 6.06. The second-order valence-corrected chi connectivity index (χ2v) is 3.80. The summed E-state index contributed by atoms with van der Waals surface area (Å²) in [5.74, 6) is 0. The third kappa shape index (κ3) is 2.10. The average molecular weight is 177 g/mol. The minimum Gasteiger partial charge on any atom is -0.313 e. The summed E-state index contributed by atoms with van der Waals surface area (Å²) in [6, 6.07) is 4.99. The van der Waals surface area contributed by atoms with Gasteiger partial charge in [0.05, 0.1) is 0 Å². The van der Waals surface area contributed by atoms with Gasteiger partial charge >= 0.3 is 0 Å². The van der Waals surface area contributed by atoms with Crippen molar-refractivity contribution < 1.29 is 0 Å². The fraction of sp³-hybridized carbons (Fsp3) is 0.500. The molecule has 1 aromatic rings. The number of hydrogen-bond acceptors (Lipinski definition) is 1. The highest BCUT2D eigenvalue weighted by atomic mass is 14.9. The molecule has 1 nitrogen and oxygen atoms in total. The molecule has 0 saturated heterocycles. The van der Waals surface area contributed by atoms with Crippen LogP contribution in [0, 0.1) is 20.8 Å². The molecule has 0 fully saturated rings. The summed E-state index contributed by atoms with van der Waals surface area (Å²) in [4.78, 5) is 0. The summed E-state index contributed by atoms with van der Waals surface area (Å²) in [7, 11) is 2.00. The lowest BCUT2D eigenvalue weighted by molar-refractivity contribution is 0.647. The van der Waals surface area contributed by atoms with Crippen molar-refractivity contribution in [3.8, 4) is 0 Å². The lowest BCUT2D eigenvalue weighted by Gasteiger charge is -2.15. The highest BCUT2D eigenvalue weighted by Crippen LogP contribution is 2.20. The van der Waals surface area contributed by atoms with Gasteiger partial charge in [-0.15, -0.1) is 0 Å². The van der Waals surface area contributed by atoms with E-state index in [0.29, 0.717) is 6.04 Å². The van der Waals surface area contributed by atoms with Gasteiger partial charge in [-0.05, 0) is 57.0 Å². The number of hydrogen-bond donors (Lipinski definition) is 1. The Balaban J connectivity index is 3.15. The number of aryl methyl sites for hydroxylation is 3. The summed E-state index contributed by atoms with van der Waals surface area (Å²) in [6.45, 7) is 8.70. The van der Waals surface area contributed by atoms with Crippen LogP contribution in [0.4, 0.5) is 0 Å². The Morgan fingerprint density at radius 2 is 1.54 bits per heavy atom. The smallest absolute Gasteiger partial charge is 0.0291 e. The van der Waals surface area contributed by atoms with Gasteiger partial charge in [-0.25, -0.2) is 0 Å². The Kier molecular flexibility index (Phi) is 3.10. The van der Waals surface area contributed by atoms with Gasteiger partial charge in [-0.2, -0.15) is 0 Å². The molecule has 1 heteroatoms.